The standard InChI is InChI=1S/C48H32O5/c49-44-43(45(50)47(52)48(53)46(44)51)42-38-18-8-6-16-36(38)41(37-17-7-9-19-39(37)42)32-26-25-29-13-10-20-35(40(29)27-32)31-23-21-30(22-24-31)34-15-5-4-14-33(34)28-11-2-1-3-12-28/h1-27,49-53H. The van der Waals surface area contributed by atoms with Crippen LogP contribution < -0.4 is 0 Å². The first-order valence-electron chi connectivity index (χ1n) is 17.3. The smallest absolute Gasteiger partial charge is 0.208 e. The molecule has 0 atom stereocenters. The molecule has 0 saturated carbocycles. The molecule has 5 heteroatoms. The summed E-state index contributed by atoms with van der Waals surface area (Å²) in [6, 6.07) is 55.7. The summed E-state index contributed by atoms with van der Waals surface area (Å²) in [4.78, 5) is 0. The fourth-order valence-electron chi connectivity index (χ4n) is 7.74. The zero-order chi connectivity index (χ0) is 36.2. The maximum atomic E-state index is 11.1. The van der Waals surface area contributed by atoms with Crippen LogP contribution in [0.15, 0.2) is 164 Å². The molecule has 5 nitrogen and oxygen atoms in total. The van der Waals surface area contributed by atoms with Crippen molar-refractivity contribution in [3.63, 3.8) is 0 Å². The van der Waals surface area contributed by atoms with E-state index in [4.69, 9.17) is 0 Å². The number of phenolic OH excluding ortho intramolecular Hbond substituents is 5. The molecular weight excluding hydrogens is 657 g/mol. The van der Waals surface area contributed by atoms with E-state index in [0.29, 0.717) is 16.3 Å². The SMILES string of the molecule is Oc1c(O)c(O)c(-c2c3ccccc3c(-c3ccc4cccc(-c5ccc(-c6ccccc6-c6ccccc6)cc5)c4c3)c3ccccc23)c(O)c1O. The third-order valence-electron chi connectivity index (χ3n) is 10.2. The van der Waals surface area contributed by atoms with Crippen molar-refractivity contribution in [2.24, 2.45) is 0 Å². The Morgan fingerprint density at radius 2 is 0.660 bits per heavy atom. The summed E-state index contributed by atoms with van der Waals surface area (Å²) in [6.07, 6.45) is 0. The van der Waals surface area contributed by atoms with Gasteiger partial charge in [0.1, 0.15) is 0 Å². The average molecular weight is 689 g/mol. The van der Waals surface area contributed by atoms with Gasteiger partial charge in [-0.25, -0.2) is 0 Å². The topological polar surface area (TPSA) is 101 Å². The predicted molar refractivity (Wildman–Crippen MR) is 214 cm³/mol. The highest BCUT2D eigenvalue weighted by Crippen LogP contribution is 2.57. The molecular formula is C48H32O5. The molecule has 9 aromatic carbocycles. The summed E-state index contributed by atoms with van der Waals surface area (Å²) in [5.41, 5.74) is 9.03. The van der Waals surface area contributed by atoms with Crippen LogP contribution in [0.5, 0.6) is 28.7 Å². The summed E-state index contributed by atoms with van der Waals surface area (Å²) in [5.74, 6) is -4.28. The Kier molecular flexibility index (Phi) is 7.49. The summed E-state index contributed by atoms with van der Waals surface area (Å²) < 4.78 is 0. The lowest BCUT2D eigenvalue weighted by Crippen LogP contribution is -1.92. The number of fused-ring (bicyclic) bond motifs is 3. The Morgan fingerprint density at radius 3 is 1.23 bits per heavy atom. The van der Waals surface area contributed by atoms with E-state index in [1.807, 2.05) is 54.6 Å². The van der Waals surface area contributed by atoms with E-state index in [1.54, 1.807) is 0 Å². The highest BCUT2D eigenvalue weighted by atomic mass is 16.4. The summed E-state index contributed by atoms with van der Waals surface area (Å²) in [6.45, 7) is 0. The van der Waals surface area contributed by atoms with Crippen molar-refractivity contribution in [2.75, 3.05) is 0 Å². The molecule has 0 aliphatic heterocycles. The van der Waals surface area contributed by atoms with Crippen LogP contribution in [0.25, 0.3) is 88.0 Å². The van der Waals surface area contributed by atoms with Gasteiger partial charge in [0, 0.05) is 5.56 Å². The minimum absolute atomic E-state index is 0.174. The lowest BCUT2D eigenvalue weighted by atomic mass is 9.84. The molecule has 53 heavy (non-hydrogen) atoms. The highest BCUT2D eigenvalue weighted by Gasteiger charge is 2.28. The lowest BCUT2D eigenvalue weighted by Gasteiger charge is -2.20. The molecule has 0 aliphatic rings. The number of rotatable bonds is 5. The van der Waals surface area contributed by atoms with Crippen LogP contribution in [0.1, 0.15) is 0 Å². The highest BCUT2D eigenvalue weighted by molar-refractivity contribution is 6.23. The van der Waals surface area contributed by atoms with Crippen LogP contribution >= 0.6 is 0 Å². The van der Waals surface area contributed by atoms with Crippen LogP contribution in [0.4, 0.5) is 0 Å². The fraction of sp³-hybridized carbons (Fsp3) is 0. The van der Waals surface area contributed by atoms with Crippen LogP contribution in [-0.2, 0) is 0 Å². The Morgan fingerprint density at radius 1 is 0.245 bits per heavy atom. The maximum Gasteiger partial charge on any atom is 0.208 e. The van der Waals surface area contributed by atoms with E-state index in [0.717, 1.165) is 49.4 Å². The van der Waals surface area contributed by atoms with Gasteiger partial charge >= 0.3 is 0 Å². The molecule has 0 aliphatic carbocycles. The van der Waals surface area contributed by atoms with Crippen molar-refractivity contribution in [3.05, 3.63) is 164 Å². The van der Waals surface area contributed by atoms with E-state index in [-0.39, 0.29) is 5.56 Å². The van der Waals surface area contributed by atoms with Crippen molar-refractivity contribution in [1.29, 1.82) is 0 Å². The number of hydrogen-bond donors (Lipinski definition) is 5. The largest absolute Gasteiger partial charge is 0.504 e. The second-order valence-electron chi connectivity index (χ2n) is 13.2. The van der Waals surface area contributed by atoms with E-state index < -0.39 is 28.7 Å². The van der Waals surface area contributed by atoms with Crippen molar-refractivity contribution >= 4 is 32.3 Å². The predicted octanol–water partition coefficient (Wildman–Crippen LogP) is 12.0. The lowest BCUT2D eigenvalue weighted by molar-refractivity contribution is 0.330. The van der Waals surface area contributed by atoms with Gasteiger partial charge < -0.3 is 25.5 Å². The van der Waals surface area contributed by atoms with Gasteiger partial charge in [-0.1, -0.05) is 158 Å². The second-order valence-corrected chi connectivity index (χ2v) is 13.2. The molecule has 9 rings (SSSR count). The zero-order valence-corrected chi connectivity index (χ0v) is 28.3. The van der Waals surface area contributed by atoms with Crippen molar-refractivity contribution < 1.29 is 25.5 Å². The van der Waals surface area contributed by atoms with Gasteiger partial charge in [-0.3, -0.25) is 0 Å². The molecule has 0 fully saturated rings. The summed E-state index contributed by atoms with van der Waals surface area (Å²) >= 11 is 0. The van der Waals surface area contributed by atoms with Crippen LogP contribution in [0, 0.1) is 0 Å². The van der Waals surface area contributed by atoms with Crippen molar-refractivity contribution in [3.8, 4) is 84.4 Å². The Hall–Kier alpha value is -7.24. The fourth-order valence-corrected chi connectivity index (χ4v) is 7.74. The number of phenols is 5. The Balaban J connectivity index is 1.22. The van der Waals surface area contributed by atoms with Gasteiger partial charge in [-0.05, 0) is 82.9 Å². The van der Waals surface area contributed by atoms with Gasteiger partial charge in [0.15, 0.2) is 11.5 Å². The second kappa shape index (κ2) is 12.5. The number of benzene rings is 9. The molecule has 0 bridgehead atoms. The first kappa shape index (κ1) is 31.7. The van der Waals surface area contributed by atoms with E-state index >= 15 is 0 Å². The van der Waals surface area contributed by atoms with Gasteiger partial charge in [-0.2, -0.15) is 0 Å². The van der Waals surface area contributed by atoms with Crippen molar-refractivity contribution in [2.45, 2.75) is 0 Å². The first-order chi connectivity index (χ1) is 25.9. The quantitative estimate of drug-likeness (QED) is 0.0704. The molecule has 0 spiro atoms. The normalized spacial score (nSPS) is 11.4. The summed E-state index contributed by atoms with van der Waals surface area (Å²) in [7, 11) is 0. The minimum atomic E-state index is -0.993. The average Bonchev–Trinajstić information content (AvgIpc) is 3.22. The molecule has 0 radical (unpaired) electrons. The molecule has 0 amide bonds. The van der Waals surface area contributed by atoms with Gasteiger partial charge in [0.25, 0.3) is 0 Å². The monoisotopic (exact) mass is 688 g/mol. The van der Waals surface area contributed by atoms with Crippen LogP contribution in [0.3, 0.4) is 0 Å². The molecule has 254 valence electrons. The number of hydrogen-bond acceptors (Lipinski definition) is 5. The first-order valence-corrected chi connectivity index (χ1v) is 17.3. The van der Waals surface area contributed by atoms with Gasteiger partial charge in [-0.15, -0.1) is 0 Å². The third-order valence-corrected chi connectivity index (χ3v) is 10.2. The minimum Gasteiger partial charge on any atom is -0.504 e. The maximum absolute atomic E-state index is 11.1. The molecule has 0 unspecified atom stereocenters. The summed E-state index contributed by atoms with van der Waals surface area (Å²) in [5, 5.41) is 58.5. The van der Waals surface area contributed by atoms with E-state index in [2.05, 4.69) is 109 Å². The molecule has 9 aromatic rings. The Labute approximate surface area is 305 Å². The third kappa shape index (κ3) is 5.09. The van der Waals surface area contributed by atoms with E-state index in [1.165, 1.54) is 16.7 Å². The van der Waals surface area contributed by atoms with Crippen molar-refractivity contribution in [1.82, 2.24) is 0 Å². The molecule has 0 heterocycles. The van der Waals surface area contributed by atoms with Crippen LogP contribution in [-0.4, -0.2) is 25.5 Å². The Bertz CT molecular complexity index is 2790. The molecule has 5 N–H and O–H groups in total. The molecule has 0 saturated heterocycles. The zero-order valence-electron chi connectivity index (χ0n) is 28.3. The van der Waals surface area contributed by atoms with Crippen LogP contribution in [0.2, 0.25) is 0 Å². The van der Waals surface area contributed by atoms with Gasteiger partial charge in [0.05, 0.1) is 5.56 Å². The number of aromatic hydroxyl groups is 5. The molecule has 0 aromatic heterocycles. The van der Waals surface area contributed by atoms with Gasteiger partial charge in [0.2, 0.25) is 17.2 Å². The van der Waals surface area contributed by atoms with E-state index in [9.17, 15) is 25.5 Å².